The van der Waals surface area contributed by atoms with Crippen LogP contribution in [0.25, 0.3) is 11.3 Å². The van der Waals surface area contributed by atoms with Crippen molar-refractivity contribution < 1.29 is 4.42 Å². The fraction of sp³-hybridized carbons (Fsp3) is 0.182. The number of rotatable bonds is 1. The quantitative estimate of drug-likeness (QED) is 0.662. The first-order chi connectivity index (χ1) is 6.27. The SMILES string of the molecule is Cc1ccc(-c2cnco2)c(C)c1. The molecule has 0 aliphatic rings. The van der Waals surface area contributed by atoms with Gasteiger partial charge in [0.1, 0.15) is 0 Å². The van der Waals surface area contributed by atoms with Gasteiger partial charge in [-0.05, 0) is 19.4 Å². The standard InChI is InChI=1S/C11H11NO/c1-8-3-4-10(9(2)5-8)11-6-12-7-13-11/h3-7H,1-2H3. The van der Waals surface area contributed by atoms with Crippen LogP contribution in [-0.4, -0.2) is 4.98 Å². The molecule has 0 N–H and O–H groups in total. The van der Waals surface area contributed by atoms with Crippen molar-refractivity contribution in [3.8, 4) is 11.3 Å². The molecule has 0 aliphatic heterocycles. The Labute approximate surface area is 77.2 Å². The summed E-state index contributed by atoms with van der Waals surface area (Å²) in [7, 11) is 0. The molecule has 2 rings (SSSR count). The van der Waals surface area contributed by atoms with Gasteiger partial charge in [0, 0.05) is 5.56 Å². The van der Waals surface area contributed by atoms with Crippen LogP contribution in [0.3, 0.4) is 0 Å². The Morgan fingerprint density at radius 1 is 1.23 bits per heavy atom. The van der Waals surface area contributed by atoms with Crippen molar-refractivity contribution in [3.63, 3.8) is 0 Å². The summed E-state index contributed by atoms with van der Waals surface area (Å²) < 4.78 is 5.23. The summed E-state index contributed by atoms with van der Waals surface area (Å²) in [6, 6.07) is 6.27. The fourth-order valence-electron chi connectivity index (χ4n) is 1.44. The number of hydrogen-bond acceptors (Lipinski definition) is 2. The molecule has 0 bridgehead atoms. The van der Waals surface area contributed by atoms with Crippen molar-refractivity contribution in [2.24, 2.45) is 0 Å². The van der Waals surface area contributed by atoms with Gasteiger partial charge in [-0.25, -0.2) is 4.98 Å². The van der Waals surface area contributed by atoms with Gasteiger partial charge in [0.05, 0.1) is 6.20 Å². The molecule has 13 heavy (non-hydrogen) atoms. The number of nitrogens with zero attached hydrogens (tertiary/aromatic N) is 1. The van der Waals surface area contributed by atoms with Crippen LogP contribution in [0.2, 0.25) is 0 Å². The minimum atomic E-state index is 0.831. The Morgan fingerprint density at radius 2 is 2.08 bits per heavy atom. The summed E-state index contributed by atoms with van der Waals surface area (Å²) in [5, 5.41) is 0. The zero-order chi connectivity index (χ0) is 9.26. The summed E-state index contributed by atoms with van der Waals surface area (Å²) in [6.45, 7) is 4.15. The van der Waals surface area contributed by atoms with Gasteiger partial charge in [-0.3, -0.25) is 0 Å². The Bertz CT molecular complexity index is 404. The minimum absolute atomic E-state index is 0.831. The molecule has 66 valence electrons. The van der Waals surface area contributed by atoms with E-state index in [1.54, 1.807) is 6.20 Å². The van der Waals surface area contributed by atoms with E-state index in [0.29, 0.717) is 0 Å². The second-order valence-electron chi connectivity index (χ2n) is 3.18. The third-order valence-electron chi connectivity index (χ3n) is 2.08. The molecule has 1 aromatic heterocycles. The molecular weight excluding hydrogens is 162 g/mol. The highest BCUT2D eigenvalue weighted by atomic mass is 16.3. The van der Waals surface area contributed by atoms with E-state index >= 15 is 0 Å². The van der Waals surface area contributed by atoms with Crippen molar-refractivity contribution in [3.05, 3.63) is 41.9 Å². The molecule has 0 radical (unpaired) electrons. The van der Waals surface area contributed by atoms with Crippen molar-refractivity contribution in [1.82, 2.24) is 4.98 Å². The third-order valence-corrected chi connectivity index (χ3v) is 2.08. The molecule has 0 spiro atoms. The van der Waals surface area contributed by atoms with Gasteiger partial charge in [0.15, 0.2) is 12.2 Å². The molecule has 1 aromatic carbocycles. The lowest BCUT2D eigenvalue weighted by atomic mass is 10.0. The lowest BCUT2D eigenvalue weighted by molar-refractivity contribution is 0.571. The van der Waals surface area contributed by atoms with Crippen LogP contribution in [0.15, 0.2) is 35.2 Å². The molecule has 0 saturated carbocycles. The molecule has 1 heterocycles. The van der Waals surface area contributed by atoms with Gasteiger partial charge in [0.2, 0.25) is 0 Å². The lowest BCUT2D eigenvalue weighted by Gasteiger charge is -2.02. The monoisotopic (exact) mass is 173 g/mol. The Balaban J connectivity index is 2.53. The number of benzene rings is 1. The van der Waals surface area contributed by atoms with Gasteiger partial charge in [-0.15, -0.1) is 0 Å². The predicted molar refractivity (Wildman–Crippen MR) is 51.4 cm³/mol. The predicted octanol–water partition coefficient (Wildman–Crippen LogP) is 2.96. The van der Waals surface area contributed by atoms with E-state index in [2.05, 4.69) is 37.0 Å². The molecule has 0 saturated heterocycles. The van der Waals surface area contributed by atoms with Crippen LogP contribution in [0.5, 0.6) is 0 Å². The van der Waals surface area contributed by atoms with E-state index in [-0.39, 0.29) is 0 Å². The maximum Gasteiger partial charge on any atom is 0.181 e. The van der Waals surface area contributed by atoms with Crippen molar-refractivity contribution in [2.75, 3.05) is 0 Å². The summed E-state index contributed by atoms with van der Waals surface area (Å²) >= 11 is 0. The lowest BCUT2D eigenvalue weighted by Crippen LogP contribution is -1.82. The normalized spacial score (nSPS) is 10.3. The zero-order valence-electron chi connectivity index (χ0n) is 7.74. The number of oxazole rings is 1. The average molecular weight is 173 g/mol. The van der Waals surface area contributed by atoms with Crippen molar-refractivity contribution in [1.29, 1.82) is 0 Å². The molecular formula is C11H11NO. The van der Waals surface area contributed by atoms with Crippen LogP contribution in [0.1, 0.15) is 11.1 Å². The fourth-order valence-corrected chi connectivity index (χ4v) is 1.44. The number of aromatic nitrogens is 1. The topological polar surface area (TPSA) is 26.0 Å². The summed E-state index contributed by atoms with van der Waals surface area (Å²) in [5.74, 6) is 0.831. The van der Waals surface area contributed by atoms with Gasteiger partial charge >= 0.3 is 0 Å². The Morgan fingerprint density at radius 3 is 2.69 bits per heavy atom. The average Bonchev–Trinajstić information content (AvgIpc) is 2.56. The van der Waals surface area contributed by atoms with Gasteiger partial charge in [-0.1, -0.05) is 23.8 Å². The maximum atomic E-state index is 5.23. The first-order valence-electron chi connectivity index (χ1n) is 4.23. The highest BCUT2D eigenvalue weighted by molar-refractivity contribution is 5.61. The summed E-state index contributed by atoms with van der Waals surface area (Å²) in [6.07, 6.45) is 3.19. The van der Waals surface area contributed by atoms with Crippen LogP contribution < -0.4 is 0 Å². The molecule has 0 amide bonds. The van der Waals surface area contributed by atoms with E-state index in [4.69, 9.17) is 4.42 Å². The van der Waals surface area contributed by atoms with Crippen molar-refractivity contribution in [2.45, 2.75) is 13.8 Å². The summed E-state index contributed by atoms with van der Waals surface area (Å²) in [4.78, 5) is 3.90. The zero-order valence-corrected chi connectivity index (χ0v) is 7.74. The van der Waals surface area contributed by atoms with E-state index in [1.807, 2.05) is 0 Å². The van der Waals surface area contributed by atoms with Gasteiger partial charge in [-0.2, -0.15) is 0 Å². The largest absolute Gasteiger partial charge is 0.444 e. The summed E-state index contributed by atoms with van der Waals surface area (Å²) in [5.41, 5.74) is 3.60. The molecule has 2 nitrogen and oxygen atoms in total. The van der Waals surface area contributed by atoms with Crippen LogP contribution >= 0.6 is 0 Å². The maximum absolute atomic E-state index is 5.23. The highest BCUT2D eigenvalue weighted by Gasteiger charge is 2.03. The number of hydrogen-bond donors (Lipinski definition) is 0. The van der Waals surface area contributed by atoms with Crippen LogP contribution in [0, 0.1) is 13.8 Å². The van der Waals surface area contributed by atoms with E-state index in [1.165, 1.54) is 17.5 Å². The molecule has 0 aliphatic carbocycles. The van der Waals surface area contributed by atoms with E-state index in [0.717, 1.165) is 11.3 Å². The first kappa shape index (κ1) is 8.05. The second-order valence-corrected chi connectivity index (χ2v) is 3.18. The third kappa shape index (κ3) is 1.47. The number of aryl methyl sites for hydroxylation is 2. The molecule has 2 aromatic rings. The minimum Gasteiger partial charge on any atom is -0.444 e. The van der Waals surface area contributed by atoms with Crippen LogP contribution in [0.4, 0.5) is 0 Å². The first-order valence-corrected chi connectivity index (χ1v) is 4.23. The molecule has 0 atom stereocenters. The second kappa shape index (κ2) is 3.05. The highest BCUT2D eigenvalue weighted by Crippen LogP contribution is 2.23. The Hall–Kier alpha value is -1.57. The molecule has 0 fully saturated rings. The van der Waals surface area contributed by atoms with Gasteiger partial charge < -0.3 is 4.42 Å². The smallest absolute Gasteiger partial charge is 0.181 e. The van der Waals surface area contributed by atoms with Crippen LogP contribution in [-0.2, 0) is 0 Å². The molecule has 2 heteroatoms. The van der Waals surface area contributed by atoms with Crippen molar-refractivity contribution >= 4 is 0 Å². The van der Waals surface area contributed by atoms with Gasteiger partial charge in [0.25, 0.3) is 0 Å². The Kier molecular flexibility index (Phi) is 1.89. The van der Waals surface area contributed by atoms with E-state index in [9.17, 15) is 0 Å². The molecule has 0 unspecified atom stereocenters. The van der Waals surface area contributed by atoms with E-state index < -0.39 is 0 Å².